The van der Waals surface area contributed by atoms with Crippen LogP contribution in [0.5, 0.6) is 5.75 Å². The number of hydrogen-bond acceptors (Lipinski definition) is 2. The van der Waals surface area contributed by atoms with Gasteiger partial charge in [0.15, 0.2) is 0 Å². The summed E-state index contributed by atoms with van der Waals surface area (Å²) in [5, 5.41) is 10.3. The van der Waals surface area contributed by atoms with Crippen LogP contribution in [0.1, 0.15) is 39.7 Å². The highest BCUT2D eigenvalue weighted by Gasteiger charge is 2.23. The first-order chi connectivity index (χ1) is 7.45. The molecule has 0 aliphatic rings. The van der Waals surface area contributed by atoms with Gasteiger partial charge in [-0.1, -0.05) is 26.0 Å². The van der Waals surface area contributed by atoms with Gasteiger partial charge in [0.2, 0.25) is 0 Å². The summed E-state index contributed by atoms with van der Waals surface area (Å²) >= 11 is 0. The maximum Gasteiger partial charge on any atom is 0.119 e. The number of rotatable bonds is 5. The summed E-state index contributed by atoms with van der Waals surface area (Å²) in [4.78, 5) is 0. The van der Waals surface area contributed by atoms with Gasteiger partial charge in [0.25, 0.3) is 0 Å². The van der Waals surface area contributed by atoms with Crippen LogP contribution in [0, 0.1) is 5.92 Å². The molecular formula is C14H22O2. The summed E-state index contributed by atoms with van der Waals surface area (Å²) < 4.78 is 5.37. The Morgan fingerprint density at radius 3 is 2.25 bits per heavy atom. The van der Waals surface area contributed by atoms with Crippen molar-refractivity contribution in [2.75, 3.05) is 6.61 Å². The van der Waals surface area contributed by atoms with E-state index in [1.165, 1.54) is 0 Å². The first-order valence-corrected chi connectivity index (χ1v) is 5.91. The molecule has 0 amide bonds. The minimum Gasteiger partial charge on any atom is -0.494 e. The van der Waals surface area contributed by atoms with Crippen molar-refractivity contribution in [2.45, 2.75) is 39.7 Å². The summed E-state index contributed by atoms with van der Waals surface area (Å²) in [7, 11) is 0. The Kier molecular flexibility index (Phi) is 4.36. The average molecular weight is 222 g/mol. The molecule has 90 valence electrons. The van der Waals surface area contributed by atoms with Crippen LogP contribution in [0.2, 0.25) is 0 Å². The van der Waals surface area contributed by atoms with Gasteiger partial charge in [-0.05, 0) is 43.9 Å². The fourth-order valence-corrected chi connectivity index (χ4v) is 1.99. The third kappa shape index (κ3) is 3.53. The van der Waals surface area contributed by atoms with Crippen molar-refractivity contribution >= 4 is 0 Å². The van der Waals surface area contributed by atoms with Gasteiger partial charge in [0.05, 0.1) is 12.2 Å². The summed E-state index contributed by atoms with van der Waals surface area (Å²) in [5.74, 6) is 1.33. The topological polar surface area (TPSA) is 29.5 Å². The maximum absolute atomic E-state index is 10.3. The lowest BCUT2D eigenvalue weighted by Gasteiger charge is -2.26. The molecule has 2 heteroatoms. The van der Waals surface area contributed by atoms with E-state index in [0.29, 0.717) is 12.5 Å². The SMILES string of the molecule is CCOc1ccc(C(C)(O)CC(C)C)cc1. The molecule has 0 spiro atoms. The molecular weight excluding hydrogens is 200 g/mol. The Balaban J connectivity index is 2.79. The zero-order valence-electron chi connectivity index (χ0n) is 10.7. The molecule has 0 aromatic heterocycles. The molecule has 0 bridgehead atoms. The first-order valence-electron chi connectivity index (χ1n) is 5.91. The van der Waals surface area contributed by atoms with E-state index >= 15 is 0 Å². The second-order valence-corrected chi connectivity index (χ2v) is 4.83. The summed E-state index contributed by atoms with van der Waals surface area (Å²) in [6.45, 7) is 8.72. The molecule has 0 saturated carbocycles. The van der Waals surface area contributed by atoms with Crippen molar-refractivity contribution < 1.29 is 9.84 Å². The molecule has 1 aromatic carbocycles. The fourth-order valence-electron chi connectivity index (χ4n) is 1.99. The molecule has 1 rings (SSSR count). The van der Waals surface area contributed by atoms with Crippen LogP contribution >= 0.6 is 0 Å². The minimum absolute atomic E-state index is 0.474. The van der Waals surface area contributed by atoms with Crippen LogP contribution in [0.3, 0.4) is 0 Å². The van der Waals surface area contributed by atoms with Gasteiger partial charge in [-0.2, -0.15) is 0 Å². The van der Waals surface area contributed by atoms with Gasteiger partial charge in [0, 0.05) is 0 Å². The van der Waals surface area contributed by atoms with Crippen molar-refractivity contribution in [3.05, 3.63) is 29.8 Å². The second kappa shape index (κ2) is 5.35. The fraction of sp³-hybridized carbons (Fsp3) is 0.571. The lowest BCUT2D eigenvalue weighted by molar-refractivity contribution is 0.0348. The van der Waals surface area contributed by atoms with Crippen LogP contribution in [0.4, 0.5) is 0 Å². The normalized spacial score (nSPS) is 14.9. The van der Waals surface area contributed by atoms with Gasteiger partial charge in [-0.15, -0.1) is 0 Å². The highest BCUT2D eigenvalue weighted by Crippen LogP contribution is 2.29. The molecule has 0 heterocycles. The van der Waals surface area contributed by atoms with E-state index in [2.05, 4.69) is 13.8 Å². The standard InChI is InChI=1S/C14H22O2/c1-5-16-13-8-6-12(7-9-13)14(4,15)10-11(2)3/h6-9,11,15H,5,10H2,1-4H3. The van der Waals surface area contributed by atoms with E-state index in [0.717, 1.165) is 17.7 Å². The van der Waals surface area contributed by atoms with Gasteiger partial charge in [-0.25, -0.2) is 0 Å². The van der Waals surface area contributed by atoms with Gasteiger partial charge in [0.1, 0.15) is 5.75 Å². The van der Waals surface area contributed by atoms with E-state index in [4.69, 9.17) is 4.74 Å². The lowest BCUT2D eigenvalue weighted by atomic mass is 9.87. The molecule has 0 fully saturated rings. The zero-order valence-corrected chi connectivity index (χ0v) is 10.7. The Bertz CT molecular complexity index is 312. The number of hydrogen-bond donors (Lipinski definition) is 1. The maximum atomic E-state index is 10.3. The Morgan fingerprint density at radius 1 is 1.25 bits per heavy atom. The molecule has 1 atom stereocenters. The van der Waals surface area contributed by atoms with E-state index in [1.807, 2.05) is 38.1 Å². The summed E-state index contributed by atoms with van der Waals surface area (Å²) in [5.41, 5.74) is 0.198. The monoisotopic (exact) mass is 222 g/mol. The number of aliphatic hydroxyl groups is 1. The van der Waals surface area contributed by atoms with Crippen molar-refractivity contribution in [1.82, 2.24) is 0 Å². The quantitative estimate of drug-likeness (QED) is 0.828. The highest BCUT2D eigenvalue weighted by atomic mass is 16.5. The van der Waals surface area contributed by atoms with Crippen molar-refractivity contribution in [3.63, 3.8) is 0 Å². The van der Waals surface area contributed by atoms with Gasteiger partial charge < -0.3 is 9.84 Å². The molecule has 0 aliphatic heterocycles. The lowest BCUT2D eigenvalue weighted by Crippen LogP contribution is -2.23. The molecule has 0 aliphatic carbocycles. The summed E-state index contributed by atoms with van der Waals surface area (Å²) in [6, 6.07) is 7.70. The predicted octanol–water partition coefficient (Wildman–Crippen LogP) is 3.34. The molecule has 0 radical (unpaired) electrons. The van der Waals surface area contributed by atoms with E-state index in [9.17, 15) is 5.11 Å². The first kappa shape index (κ1) is 13.0. The number of ether oxygens (including phenoxy) is 1. The molecule has 0 saturated heterocycles. The largest absolute Gasteiger partial charge is 0.494 e. The molecule has 1 aromatic rings. The van der Waals surface area contributed by atoms with E-state index in [-0.39, 0.29) is 0 Å². The van der Waals surface area contributed by atoms with Crippen molar-refractivity contribution in [1.29, 1.82) is 0 Å². The highest BCUT2D eigenvalue weighted by molar-refractivity contribution is 5.30. The van der Waals surface area contributed by atoms with Gasteiger partial charge in [-0.3, -0.25) is 0 Å². The molecule has 1 unspecified atom stereocenters. The Labute approximate surface area is 98.3 Å². The van der Waals surface area contributed by atoms with Crippen LogP contribution in [-0.2, 0) is 5.60 Å². The summed E-state index contributed by atoms with van der Waals surface area (Å²) in [6.07, 6.45) is 0.765. The predicted molar refractivity (Wildman–Crippen MR) is 66.6 cm³/mol. The Morgan fingerprint density at radius 2 is 1.81 bits per heavy atom. The third-order valence-corrected chi connectivity index (χ3v) is 2.59. The van der Waals surface area contributed by atoms with Crippen LogP contribution in [0.15, 0.2) is 24.3 Å². The van der Waals surface area contributed by atoms with Crippen LogP contribution in [-0.4, -0.2) is 11.7 Å². The Hall–Kier alpha value is -1.02. The minimum atomic E-state index is -0.751. The number of benzene rings is 1. The average Bonchev–Trinajstić information content (AvgIpc) is 2.17. The molecule has 2 nitrogen and oxygen atoms in total. The smallest absolute Gasteiger partial charge is 0.119 e. The van der Waals surface area contributed by atoms with Crippen LogP contribution < -0.4 is 4.74 Å². The van der Waals surface area contributed by atoms with E-state index < -0.39 is 5.60 Å². The van der Waals surface area contributed by atoms with Crippen LogP contribution in [0.25, 0.3) is 0 Å². The second-order valence-electron chi connectivity index (χ2n) is 4.83. The third-order valence-electron chi connectivity index (χ3n) is 2.59. The van der Waals surface area contributed by atoms with Gasteiger partial charge >= 0.3 is 0 Å². The molecule has 16 heavy (non-hydrogen) atoms. The van der Waals surface area contributed by atoms with Crippen molar-refractivity contribution in [2.24, 2.45) is 5.92 Å². The van der Waals surface area contributed by atoms with Crippen molar-refractivity contribution in [3.8, 4) is 5.75 Å². The molecule has 1 N–H and O–H groups in total. The van der Waals surface area contributed by atoms with E-state index in [1.54, 1.807) is 0 Å². The zero-order chi connectivity index (χ0) is 12.2.